The number of carbonyl (C=O) groups excluding carboxylic acids is 3. The van der Waals surface area contributed by atoms with Crippen LogP contribution in [0.5, 0.6) is 5.75 Å². The van der Waals surface area contributed by atoms with Gasteiger partial charge in [0.05, 0.1) is 17.3 Å². The number of likely N-dealkylation sites (N-methyl/N-ethyl adjacent to an activating group) is 1. The van der Waals surface area contributed by atoms with Crippen LogP contribution in [0.4, 0.5) is 10.8 Å². The molecule has 2 aromatic carbocycles. The Bertz CT molecular complexity index is 1900. The summed E-state index contributed by atoms with van der Waals surface area (Å²) in [5, 5.41) is 9.01. The van der Waals surface area contributed by atoms with Crippen LogP contribution in [-0.4, -0.2) is 46.3 Å². The number of anilines is 2. The van der Waals surface area contributed by atoms with E-state index in [-0.39, 0.29) is 23.9 Å². The third-order valence-corrected chi connectivity index (χ3v) is 8.07. The SMILES string of the molecule is Cc1ccc2cccc(OCc3c(Cl)ccc(N(C)C(=O)CNC(=O)/C=C/c4ccc(C(=O)Nc5nccs5)nc4)c3Cl)c2n1. The second kappa shape index (κ2) is 14.3. The fraction of sp³-hybridized carbons (Fsp3) is 0.125. The molecule has 0 spiro atoms. The minimum atomic E-state index is -0.488. The van der Waals surface area contributed by atoms with Crippen molar-refractivity contribution in [2.75, 3.05) is 23.8 Å². The number of fused-ring (bicyclic) bond motifs is 1. The van der Waals surface area contributed by atoms with Crippen molar-refractivity contribution in [2.45, 2.75) is 13.5 Å². The number of hydrogen-bond acceptors (Lipinski definition) is 8. The van der Waals surface area contributed by atoms with Gasteiger partial charge in [0, 0.05) is 52.6 Å². The number of ether oxygens (including phenoxy) is 1. The van der Waals surface area contributed by atoms with Crippen molar-refractivity contribution in [1.82, 2.24) is 20.3 Å². The van der Waals surface area contributed by atoms with Gasteiger partial charge in [-0.15, -0.1) is 11.3 Å². The summed E-state index contributed by atoms with van der Waals surface area (Å²) < 4.78 is 6.07. The summed E-state index contributed by atoms with van der Waals surface area (Å²) in [4.78, 5) is 51.7. The Hall–Kier alpha value is -4.84. The maximum atomic E-state index is 12.9. The Morgan fingerprint density at radius 1 is 1.04 bits per heavy atom. The molecule has 0 aliphatic carbocycles. The van der Waals surface area contributed by atoms with E-state index >= 15 is 0 Å². The fourth-order valence-corrected chi connectivity index (χ4v) is 5.32. The number of para-hydroxylation sites is 1. The summed E-state index contributed by atoms with van der Waals surface area (Å²) in [6, 6.07) is 16.0. The molecule has 3 amide bonds. The van der Waals surface area contributed by atoms with Gasteiger partial charge >= 0.3 is 0 Å². The zero-order valence-electron chi connectivity index (χ0n) is 24.1. The molecule has 45 heavy (non-hydrogen) atoms. The number of carbonyl (C=O) groups is 3. The highest BCUT2D eigenvalue weighted by Gasteiger charge is 2.19. The molecule has 5 aromatic rings. The molecule has 0 unspecified atom stereocenters. The first-order chi connectivity index (χ1) is 21.7. The van der Waals surface area contributed by atoms with E-state index in [0.29, 0.717) is 32.7 Å². The summed E-state index contributed by atoms with van der Waals surface area (Å²) in [6.07, 6.45) is 5.84. The Morgan fingerprint density at radius 3 is 2.64 bits per heavy atom. The van der Waals surface area contributed by atoms with Gasteiger partial charge < -0.3 is 15.0 Å². The third-order valence-electron chi connectivity index (χ3n) is 6.61. The highest BCUT2D eigenvalue weighted by molar-refractivity contribution is 7.13. The van der Waals surface area contributed by atoms with E-state index < -0.39 is 17.7 Å². The van der Waals surface area contributed by atoms with Gasteiger partial charge in [-0.25, -0.2) is 9.97 Å². The van der Waals surface area contributed by atoms with Crippen molar-refractivity contribution in [3.63, 3.8) is 0 Å². The lowest BCUT2D eigenvalue weighted by atomic mass is 10.1. The van der Waals surface area contributed by atoms with E-state index in [1.165, 1.54) is 40.7 Å². The van der Waals surface area contributed by atoms with Gasteiger partial charge in [0.15, 0.2) is 5.13 Å². The molecule has 10 nitrogen and oxygen atoms in total. The van der Waals surface area contributed by atoms with Crippen molar-refractivity contribution >= 4 is 80.1 Å². The molecule has 0 aliphatic heterocycles. The number of aromatic nitrogens is 3. The van der Waals surface area contributed by atoms with Crippen LogP contribution in [0.2, 0.25) is 10.0 Å². The third kappa shape index (κ3) is 7.82. The fourth-order valence-electron chi connectivity index (χ4n) is 4.19. The zero-order chi connectivity index (χ0) is 31.9. The minimum Gasteiger partial charge on any atom is -0.487 e. The Kier molecular flexibility index (Phi) is 10.0. The number of nitrogens with zero attached hydrogens (tertiary/aromatic N) is 4. The predicted octanol–water partition coefficient (Wildman–Crippen LogP) is 6.33. The first-order valence-electron chi connectivity index (χ1n) is 13.5. The Balaban J connectivity index is 1.17. The molecule has 0 radical (unpaired) electrons. The van der Waals surface area contributed by atoms with Gasteiger partial charge in [-0.2, -0.15) is 0 Å². The molecule has 5 rings (SSSR count). The summed E-state index contributed by atoms with van der Waals surface area (Å²) in [5.74, 6) is -0.701. The number of halogens is 2. The number of aryl methyl sites for hydroxylation is 1. The van der Waals surface area contributed by atoms with Gasteiger partial charge in [-0.05, 0) is 48.9 Å². The van der Waals surface area contributed by atoms with Crippen molar-refractivity contribution in [2.24, 2.45) is 0 Å². The van der Waals surface area contributed by atoms with Crippen LogP contribution in [-0.2, 0) is 16.2 Å². The average molecular weight is 662 g/mol. The van der Waals surface area contributed by atoms with Crippen LogP contribution in [0, 0.1) is 6.92 Å². The van der Waals surface area contributed by atoms with Crippen LogP contribution in [0.1, 0.15) is 27.3 Å². The molecule has 0 aliphatic rings. The monoisotopic (exact) mass is 660 g/mol. The first kappa shape index (κ1) is 31.6. The number of amides is 3. The van der Waals surface area contributed by atoms with Crippen LogP contribution in [0.25, 0.3) is 17.0 Å². The largest absolute Gasteiger partial charge is 0.487 e. The van der Waals surface area contributed by atoms with E-state index in [4.69, 9.17) is 27.9 Å². The van der Waals surface area contributed by atoms with Gasteiger partial charge in [0.1, 0.15) is 23.6 Å². The number of rotatable bonds is 10. The maximum Gasteiger partial charge on any atom is 0.276 e. The lowest BCUT2D eigenvalue weighted by Crippen LogP contribution is -2.37. The molecule has 228 valence electrons. The molecule has 0 saturated carbocycles. The van der Waals surface area contributed by atoms with Crippen LogP contribution >= 0.6 is 34.5 Å². The molecule has 0 saturated heterocycles. The van der Waals surface area contributed by atoms with Gasteiger partial charge in [0.25, 0.3) is 5.91 Å². The Labute approximate surface area is 272 Å². The topological polar surface area (TPSA) is 126 Å². The molecule has 3 heterocycles. The van der Waals surface area contributed by atoms with Gasteiger partial charge in [0.2, 0.25) is 11.8 Å². The summed E-state index contributed by atoms with van der Waals surface area (Å²) in [7, 11) is 1.55. The minimum absolute atomic E-state index is 0.0517. The second-order valence-corrected chi connectivity index (χ2v) is 11.4. The quantitative estimate of drug-likeness (QED) is 0.168. The average Bonchev–Trinajstić information content (AvgIpc) is 3.55. The highest BCUT2D eigenvalue weighted by atomic mass is 35.5. The van der Waals surface area contributed by atoms with E-state index in [9.17, 15) is 14.4 Å². The molecule has 0 bridgehead atoms. The van der Waals surface area contributed by atoms with E-state index in [0.717, 1.165) is 16.6 Å². The van der Waals surface area contributed by atoms with E-state index in [1.54, 1.807) is 36.8 Å². The molecule has 0 atom stereocenters. The predicted molar refractivity (Wildman–Crippen MR) is 177 cm³/mol. The van der Waals surface area contributed by atoms with Crippen molar-refractivity contribution in [1.29, 1.82) is 0 Å². The number of nitrogens with one attached hydrogen (secondary N) is 2. The highest BCUT2D eigenvalue weighted by Crippen LogP contribution is 2.35. The summed E-state index contributed by atoms with van der Waals surface area (Å²) >= 11 is 14.5. The molecular weight excluding hydrogens is 635 g/mol. The number of thiazole rings is 1. The van der Waals surface area contributed by atoms with Crippen molar-refractivity contribution < 1.29 is 19.1 Å². The lowest BCUT2D eigenvalue weighted by Gasteiger charge is -2.21. The second-order valence-electron chi connectivity index (χ2n) is 9.70. The maximum absolute atomic E-state index is 12.9. The zero-order valence-corrected chi connectivity index (χ0v) is 26.4. The summed E-state index contributed by atoms with van der Waals surface area (Å²) in [6.45, 7) is 1.68. The smallest absolute Gasteiger partial charge is 0.276 e. The molecule has 0 fully saturated rings. The van der Waals surface area contributed by atoms with E-state index in [1.807, 2.05) is 37.3 Å². The molecule has 2 N–H and O–H groups in total. The van der Waals surface area contributed by atoms with Crippen LogP contribution < -0.4 is 20.3 Å². The van der Waals surface area contributed by atoms with Gasteiger partial charge in [-0.1, -0.05) is 47.5 Å². The van der Waals surface area contributed by atoms with Crippen molar-refractivity contribution in [3.8, 4) is 5.75 Å². The summed E-state index contributed by atoms with van der Waals surface area (Å²) in [5.41, 5.74) is 3.30. The number of benzene rings is 2. The number of hydrogen-bond donors (Lipinski definition) is 2. The molecule has 13 heteroatoms. The lowest BCUT2D eigenvalue weighted by molar-refractivity contribution is -0.122. The van der Waals surface area contributed by atoms with Crippen LogP contribution in [0.3, 0.4) is 0 Å². The number of pyridine rings is 2. The van der Waals surface area contributed by atoms with Gasteiger partial charge in [-0.3, -0.25) is 24.7 Å². The standard InChI is InChI=1S/C32H26Cl2N6O4S/c1-19-6-9-21-4-3-5-26(30(21)38-19)44-18-22-23(33)10-12-25(29(22)34)40(2)28(42)17-37-27(41)13-8-20-7-11-24(36-16-20)31(43)39-32-35-14-15-45-32/h3-16H,17-18H2,1-2H3,(H,37,41)(H,35,39,43)/b13-8+. The Morgan fingerprint density at radius 2 is 1.89 bits per heavy atom. The normalized spacial score (nSPS) is 11.0. The molecule has 3 aromatic heterocycles. The van der Waals surface area contributed by atoms with Crippen LogP contribution in [0.15, 0.2) is 78.4 Å². The van der Waals surface area contributed by atoms with Crippen molar-refractivity contribution in [3.05, 3.63) is 111 Å². The first-order valence-corrected chi connectivity index (χ1v) is 15.2. The van der Waals surface area contributed by atoms with E-state index in [2.05, 4.69) is 25.6 Å². The molecular formula is C32H26Cl2N6O4S.